The Bertz CT molecular complexity index is 484. The van der Waals surface area contributed by atoms with Crippen molar-refractivity contribution in [2.45, 2.75) is 46.3 Å². The van der Waals surface area contributed by atoms with Gasteiger partial charge in [0.25, 0.3) is 0 Å². The van der Waals surface area contributed by atoms with E-state index in [2.05, 4.69) is 61.1 Å². The van der Waals surface area contributed by atoms with Crippen LogP contribution < -0.4 is 5.32 Å². The molecule has 0 aliphatic carbocycles. The average molecular weight is 262 g/mol. The van der Waals surface area contributed by atoms with Crippen LogP contribution in [0.5, 0.6) is 0 Å². The Balaban J connectivity index is 1.92. The number of aryl methyl sites for hydroxylation is 2. The topological polar surface area (TPSA) is 17.0 Å². The van der Waals surface area contributed by atoms with E-state index in [0.29, 0.717) is 6.04 Å². The van der Waals surface area contributed by atoms with Crippen LogP contribution in [0.2, 0.25) is 0 Å². The van der Waals surface area contributed by atoms with Crippen LogP contribution in [0.4, 0.5) is 0 Å². The summed E-state index contributed by atoms with van der Waals surface area (Å²) in [6.07, 6.45) is 3.35. The highest BCUT2D eigenvalue weighted by Gasteiger charge is 2.08. The van der Waals surface area contributed by atoms with Gasteiger partial charge in [0.2, 0.25) is 0 Å². The fraction of sp³-hybridized carbons (Fsp3) is 0.467. The number of hydrogen-bond donors (Lipinski definition) is 1. The summed E-state index contributed by atoms with van der Waals surface area (Å²) in [6.45, 7) is 8.65. The Morgan fingerprint density at radius 2 is 2.17 bits per heavy atom. The minimum Gasteiger partial charge on any atom is -0.350 e. The molecule has 0 spiro atoms. The van der Waals surface area contributed by atoms with Gasteiger partial charge in [0.1, 0.15) is 0 Å². The first-order valence-electron chi connectivity index (χ1n) is 6.64. The van der Waals surface area contributed by atoms with Gasteiger partial charge in [0.15, 0.2) is 0 Å². The lowest BCUT2D eigenvalue weighted by Crippen LogP contribution is -2.19. The van der Waals surface area contributed by atoms with Gasteiger partial charge < -0.3 is 9.88 Å². The fourth-order valence-electron chi connectivity index (χ4n) is 2.11. The largest absolute Gasteiger partial charge is 0.350 e. The third kappa shape index (κ3) is 3.24. The smallest absolute Gasteiger partial charge is 0.0389 e. The van der Waals surface area contributed by atoms with Gasteiger partial charge >= 0.3 is 0 Å². The van der Waals surface area contributed by atoms with E-state index in [-0.39, 0.29) is 0 Å². The molecule has 0 fully saturated rings. The Morgan fingerprint density at radius 1 is 1.33 bits per heavy atom. The molecule has 0 saturated heterocycles. The van der Waals surface area contributed by atoms with Crippen molar-refractivity contribution in [3.63, 3.8) is 0 Å². The molecule has 0 bridgehead atoms. The summed E-state index contributed by atoms with van der Waals surface area (Å²) < 4.78 is 2.33. The van der Waals surface area contributed by atoms with Crippen LogP contribution in [-0.2, 0) is 13.1 Å². The van der Waals surface area contributed by atoms with E-state index in [9.17, 15) is 0 Å². The fourth-order valence-corrected chi connectivity index (χ4v) is 3.02. The molecule has 18 heavy (non-hydrogen) atoms. The van der Waals surface area contributed by atoms with Gasteiger partial charge in [0.05, 0.1) is 0 Å². The molecular formula is C15H22N2S. The lowest BCUT2D eigenvalue weighted by atomic mass is 10.2. The van der Waals surface area contributed by atoms with Gasteiger partial charge in [-0.15, -0.1) is 11.3 Å². The zero-order valence-corrected chi connectivity index (χ0v) is 12.3. The molecule has 98 valence electrons. The van der Waals surface area contributed by atoms with Crippen molar-refractivity contribution < 1.29 is 0 Å². The van der Waals surface area contributed by atoms with Crippen molar-refractivity contribution >= 4 is 11.3 Å². The van der Waals surface area contributed by atoms with Crippen LogP contribution in [0.1, 0.15) is 41.8 Å². The second-order valence-corrected chi connectivity index (χ2v) is 6.06. The lowest BCUT2D eigenvalue weighted by molar-refractivity contribution is 0.547. The molecular weight excluding hydrogens is 240 g/mol. The molecule has 1 N–H and O–H groups in total. The Hall–Kier alpha value is -1.06. The van der Waals surface area contributed by atoms with Crippen molar-refractivity contribution in [1.29, 1.82) is 0 Å². The van der Waals surface area contributed by atoms with Crippen molar-refractivity contribution in [3.05, 3.63) is 45.9 Å². The summed E-state index contributed by atoms with van der Waals surface area (Å²) in [5.41, 5.74) is 1.37. The minimum atomic E-state index is 0.425. The zero-order chi connectivity index (χ0) is 13.0. The van der Waals surface area contributed by atoms with E-state index in [1.165, 1.54) is 21.9 Å². The van der Waals surface area contributed by atoms with Crippen LogP contribution in [0.3, 0.4) is 0 Å². The van der Waals surface area contributed by atoms with Gasteiger partial charge in [-0.2, -0.15) is 0 Å². The molecule has 0 aromatic carbocycles. The monoisotopic (exact) mass is 262 g/mol. The number of nitrogens with one attached hydrogen (secondary N) is 1. The third-order valence-corrected chi connectivity index (χ3v) is 4.35. The molecule has 3 heteroatoms. The first-order valence-corrected chi connectivity index (χ1v) is 7.46. The van der Waals surface area contributed by atoms with E-state index < -0.39 is 0 Å². The van der Waals surface area contributed by atoms with Crippen molar-refractivity contribution in [3.8, 4) is 0 Å². The molecule has 2 heterocycles. The van der Waals surface area contributed by atoms with Gasteiger partial charge in [-0.25, -0.2) is 0 Å². The van der Waals surface area contributed by atoms with Crippen LogP contribution >= 0.6 is 11.3 Å². The highest BCUT2D eigenvalue weighted by Crippen LogP contribution is 2.22. The maximum Gasteiger partial charge on any atom is 0.0389 e. The highest BCUT2D eigenvalue weighted by molar-refractivity contribution is 7.12. The van der Waals surface area contributed by atoms with Crippen LogP contribution in [0.15, 0.2) is 30.5 Å². The van der Waals surface area contributed by atoms with Gasteiger partial charge in [0, 0.05) is 40.8 Å². The third-order valence-electron chi connectivity index (χ3n) is 3.17. The van der Waals surface area contributed by atoms with E-state index in [0.717, 1.165) is 13.1 Å². The molecule has 2 aromatic heterocycles. The number of nitrogens with zero attached hydrogens (tertiary/aromatic N) is 1. The SMILES string of the molecule is CCCn1cccc1CNC(C)c1ccc(C)s1. The first kappa shape index (κ1) is 13.4. The summed E-state index contributed by atoms with van der Waals surface area (Å²) >= 11 is 1.88. The van der Waals surface area contributed by atoms with Crippen LogP contribution in [-0.4, -0.2) is 4.57 Å². The van der Waals surface area contributed by atoms with E-state index >= 15 is 0 Å². The zero-order valence-electron chi connectivity index (χ0n) is 11.4. The van der Waals surface area contributed by atoms with E-state index in [1.807, 2.05) is 11.3 Å². The van der Waals surface area contributed by atoms with Crippen molar-refractivity contribution in [2.75, 3.05) is 0 Å². The second-order valence-electron chi connectivity index (χ2n) is 4.74. The lowest BCUT2D eigenvalue weighted by Gasteiger charge is -2.14. The van der Waals surface area contributed by atoms with Crippen molar-refractivity contribution in [2.24, 2.45) is 0 Å². The normalized spacial score (nSPS) is 12.8. The molecule has 1 atom stereocenters. The van der Waals surface area contributed by atoms with Gasteiger partial charge in [-0.3, -0.25) is 0 Å². The van der Waals surface area contributed by atoms with E-state index in [4.69, 9.17) is 0 Å². The van der Waals surface area contributed by atoms with E-state index in [1.54, 1.807) is 0 Å². The van der Waals surface area contributed by atoms with Crippen LogP contribution in [0.25, 0.3) is 0 Å². The molecule has 0 radical (unpaired) electrons. The molecule has 0 amide bonds. The number of rotatable bonds is 6. The maximum atomic E-state index is 3.60. The Morgan fingerprint density at radius 3 is 2.83 bits per heavy atom. The molecule has 0 saturated carbocycles. The summed E-state index contributed by atoms with van der Waals surface area (Å²) in [5.74, 6) is 0. The quantitative estimate of drug-likeness (QED) is 0.828. The average Bonchev–Trinajstić information content (AvgIpc) is 2.96. The summed E-state index contributed by atoms with van der Waals surface area (Å²) in [6, 6.07) is 9.18. The molecule has 0 aliphatic rings. The predicted molar refractivity (Wildman–Crippen MR) is 79.0 cm³/mol. The number of thiophene rings is 1. The highest BCUT2D eigenvalue weighted by atomic mass is 32.1. The standard InChI is InChI=1S/C15H22N2S/c1-4-9-17-10-5-6-14(17)11-16-13(3)15-8-7-12(2)18-15/h5-8,10,13,16H,4,9,11H2,1-3H3. The summed E-state index contributed by atoms with van der Waals surface area (Å²) in [4.78, 5) is 2.80. The second kappa shape index (κ2) is 6.21. The Labute approximate surface area is 114 Å². The summed E-state index contributed by atoms with van der Waals surface area (Å²) in [5, 5.41) is 3.60. The molecule has 2 nitrogen and oxygen atoms in total. The molecule has 2 rings (SSSR count). The minimum absolute atomic E-state index is 0.425. The predicted octanol–water partition coefficient (Wildman–Crippen LogP) is 4.12. The van der Waals surface area contributed by atoms with Gasteiger partial charge in [-0.05, 0) is 44.5 Å². The maximum absolute atomic E-state index is 3.60. The molecule has 0 aliphatic heterocycles. The first-order chi connectivity index (χ1) is 8.70. The number of aromatic nitrogens is 1. The van der Waals surface area contributed by atoms with Crippen LogP contribution in [0, 0.1) is 6.92 Å². The molecule has 1 unspecified atom stereocenters. The Kier molecular flexibility index (Phi) is 4.61. The summed E-state index contributed by atoms with van der Waals surface area (Å²) in [7, 11) is 0. The number of hydrogen-bond acceptors (Lipinski definition) is 2. The van der Waals surface area contributed by atoms with Gasteiger partial charge in [-0.1, -0.05) is 6.92 Å². The molecule has 2 aromatic rings. The van der Waals surface area contributed by atoms with Crippen molar-refractivity contribution in [1.82, 2.24) is 9.88 Å².